The fourth-order valence-electron chi connectivity index (χ4n) is 2.48. The maximum atomic E-state index is 12.3. The third-order valence-corrected chi connectivity index (χ3v) is 3.66. The quantitative estimate of drug-likeness (QED) is 0.895. The summed E-state index contributed by atoms with van der Waals surface area (Å²) in [5.41, 5.74) is 0.700. The van der Waals surface area contributed by atoms with Gasteiger partial charge in [0.25, 0.3) is 0 Å². The molecule has 1 aliphatic rings. The fraction of sp³-hybridized carbons (Fsp3) is 0.500. The van der Waals surface area contributed by atoms with Gasteiger partial charge in [-0.3, -0.25) is 0 Å². The highest BCUT2D eigenvalue weighted by molar-refractivity contribution is 6.30. The molecule has 1 aromatic rings. The number of hydrogen-bond acceptors (Lipinski definition) is 2. The largest absolute Gasteiger partial charge is 0.396 e. The van der Waals surface area contributed by atoms with Gasteiger partial charge in [-0.2, -0.15) is 0 Å². The van der Waals surface area contributed by atoms with Gasteiger partial charge in [0, 0.05) is 29.9 Å². The fourth-order valence-corrected chi connectivity index (χ4v) is 2.67. The van der Waals surface area contributed by atoms with Gasteiger partial charge in [0.2, 0.25) is 0 Å². The summed E-state index contributed by atoms with van der Waals surface area (Å²) in [7, 11) is 0. The standard InChI is InChI=1S/C14H19ClN2O2/c15-11-4-3-5-12(10-11)16-14(19)17-8-2-1-6-13(17)7-9-18/h3-5,10,13,18H,1-2,6-9H2,(H,16,19)/t13-/m1/s1. The number of carbonyl (C=O) groups excluding carboxylic acids is 1. The predicted molar refractivity (Wildman–Crippen MR) is 76.5 cm³/mol. The Morgan fingerprint density at radius 3 is 3.05 bits per heavy atom. The normalized spacial score (nSPS) is 19.3. The minimum absolute atomic E-state index is 0.111. The molecule has 1 aliphatic heterocycles. The second kappa shape index (κ2) is 6.78. The van der Waals surface area contributed by atoms with Crippen LogP contribution in [0.4, 0.5) is 10.5 Å². The van der Waals surface area contributed by atoms with Crippen molar-refractivity contribution in [1.29, 1.82) is 0 Å². The van der Waals surface area contributed by atoms with Crippen LogP contribution in [0.15, 0.2) is 24.3 Å². The second-order valence-corrected chi connectivity index (χ2v) is 5.23. The molecule has 0 unspecified atom stereocenters. The van der Waals surface area contributed by atoms with E-state index in [-0.39, 0.29) is 18.7 Å². The molecular formula is C14H19ClN2O2. The number of hydrogen-bond donors (Lipinski definition) is 2. The summed E-state index contributed by atoms with van der Waals surface area (Å²) in [5, 5.41) is 12.5. The highest BCUT2D eigenvalue weighted by atomic mass is 35.5. The van der Waals surface area contributed by atoms with Crippen LogP contribution in [-0.4, -0.2) is 35.2 Å². The van der Waals surface area contributed by atoms with Crippen LogP contribution in [-0.2, 0) is 0 Å². The number of amides is 2. The third kappa shape index (κ3) is 3.85. The smallest absolute Gasteiger partial charge is 0.322 e. The summed E-state index contributed by atoms with van der Waals surface area (Å²) in [5.74, 6) is 0. The number of halogens is 1. The van der Waals surface area contributed by atoms with Gasteiger partial charge in [0.05, 0.1) is 0 Å². The van der Waals surface area contributed by atoms with Gasteiger partial charge in [-0.05, 0) is 43.9 Å². The number of aliphatic hydroxyl groups is 1. The molecule has 1 saturated heterocycles. The van der Waals surface area contributed by atoms with Crippen molar-refractivity contribution in [3.05, 3.63) is 29.3 Å². The van der Waals surface area contributed by atoms with Gasteiger partial charge in [-0.15, -0.1) is 0 Å². The Bertz CT molecular complexity index is 437. The number of aliphatic hydroxyl groups excluding tert-OH is 1. The number of rotatable bonds is 3. The summed E-state index contributed by atoms with van der Waals surface area (Å²) in [6.07, 6.45) is 3.74. The molecule has 4 nitrogen and oxygen atoms in total. The van der Waals surface area contributed by atoms with E-state index >= 15 is 0 Å². The molecule has 19 heavy (non-hydrogen) atoms. The van der Waals surface area contributed by atoms with E-state index < -0.39 is 0 Å². The van der Waals surface area contributed by atoms with Crippen molar-refractivity contribution < 1.29 is 9.90 Å². The first-order valence-corrected chi connectivity index (χ1v) is 7.02. The molecular weight excluding hydrogens is 264 g/mol. The molecule has 2 rings (SSSR count). The summed E-state index contributed by atoms with van der Waals surface area (Å²) >= 11 is 5.89. The zero-order valence-corrected chi connectivity index (χ0v) is 11.6. The lowest BCUT2D eigenvalue weighted by atomic mass is 10.0. The molecule has 104 valence electrons. The molecule has 0 saturated carbocycles. The van der Waals surface area contributed by atoms with E-state index in [2.05, 4.69) is 5.32 Å². The van der Waals surface area contributed by atoms with E-state index in [0.717, 1.165) is 25.8 Å². The molecule has 0 radical (unpaired) electrons. The van der Waals surface area contributed by atoms with Crippen LogP contribution in [0.5, 0.6) is 0 Å². The average molecular weight is 283 g/mol. The van der Waals surface area contributed by atoms with Crippen molar-refractivity contribution in [2.24, 2.45) is 0 Å². The Balaban J connectivity index is 2.01. The minimum Gasteiger partial charge on any atom is -0.396 e. The molecule has 2 N–H and O–H groups in total. The molecule has 0 bridgehead atoms. The zero-order chi connectivity index (χ0) is 13.7. The number of anilines is 1. The lowest BCUT2D eigenvalue weighted by molar-refractivity contribution is 0.141. The second-order valence-electron chi connectivity index (χ2n) is 4.80. The number of piperidine rings is 1. The first-order valence-electron chi connectivity index (χ1n) is 6.65. The lowest BCUT2D eigenvalue weighted by Gasteiger charge is -2.35. The van der Waals surface area contributed by atoms with Crippen LogP contribution in [0.3, 0.4) is 0 Å². The Labute approximate surface area is 118 Å². The van der Waals surface area contributed by atoms with Crippen LogP contribution < -0.4 is 5.32 Å². The van der Waals surface area contributed by atoms with Crippen molar-refractivity contribution >= 4 is 23.3 Å². The Morgan fingerprint density at radius 1 is 1.47 bits per heavy atom. The zero-order valence-electron chi connectivity index (χ0n) is 10.8. The van der Waals surface area contributed by atoms with E-state index in [0.29, 0.717) is 17.1 Å². The summed E-state index contributed by atoms with van der Waals surface area (Å²) in [4.78, 5) is 14.1. The number of benzene rings is 1. The van der Waals surface area contributed by atoms with Gasteiger partial charge >= 0.3 is 6.03 Å². The summed E-state index contributed by atoms with van der Waals surface area (Å²) < 4.78 is 0. The average Bonchev–Trinajstić information content (AvgIpc) is 2.39. The van der Waals surface area contributed by atoms with Crippen LogP contribution in [0, 0.1) is 0 Å². The van der Waals surface area contributed by atoms with E-state index in [9.17, 15) is 4.79 Å². The van der Waals surface area contributed by atoms with E-state index in [1.807, 2.05) is 11.0 Å². The molecule has 5 heteroatoms. The maximum Gasteiger partial charge on any atom is 0.322 e. The van der Waals surface area contributed by atoms with Crippen molar-refractivity contribution in [2.75, 3.05) is 18.5 Å². The van der Waals surface area contributed by atoms with Crippen molar-refractivity contribution in [3.8, 4) is 0 Å². The number of nitrogens with zero attached hydrogens (tertiary/aromatic N) is 1. The van der Waals surface area contributed by atoms with E-state index in [4.69, 9.17) is 16.7 Å². The van der Waals surface area contributed by atoms with Gasteiger partial charge in [0.15, 0.2) is 0 Å². The molecule has 0 aliphatic carbocycles. The van der Waals surface area contributed by atoms with Crippen molar-refractivity contribution in [3.63, 3.8) is 0 Å². The van der Waals surface area contributed by atoms with Crippen LogP contribution >= 0.6 is 11.6 Å². The molecule has 1 heterocycles. The SMILES string of the molecule is O=C(Nc1cccc(Cl)c1)N1CCCC[C@@H]1CCO. The maximum absolute atomic E-state index is 12.3. The molecule has 1 aromatic carbocycles. The third-order valence-electron chi connectivity index (χ3n) is 3.43. The van der Waals surface area contributed by atoms with Crippen LogP contribution in [0.1, 0.15) is 25.7 Å². The number of nitrogens with one attached hydrogen (secondary N) is 1. The minimum atomic E-state index is -0.111. The van der Waals surface area contributed by atoms with Crippen LogP contribution in [0.25, 0.3) is 0 Å². The Hall–Kier alpha value is -1.26. The molecule has 1 fully saturated rings. The molecule has 0 spiro atoms. The van der Waals surface area contributed by atoms with E-state index in [1.54, 1.807) is 18.2 Å². The Morgan fingerprint density at radius 2 is 2.32 bits per heavy atom. The van der Waals surface area contributed by atoms with Crippen molar-refractivity contribution in [1.82, 2.24) is 4.90 Å². The lowest BCUT2D eigenvalue weighted by Crippen LogP contribution is -2.46. The van der Waals surface area contributed by atoms with Gasteiger partial charge in [-0.1, -0.05) is 17.7 Å². The van der Waals surface area contributed by atoms with Gasteiger partial charge in [-0.25, -0.2) is 4.79 Å². The highest BCUT2D eigenvalue weighted by Gasteiger charge is 2.26. The van der Waals surface area contributed by atoms with Gasteiger partial charge in [0.1, 0.15) is 0 Å². The number of urea groups is 1. The number of carbonyl (C=O) groups is 1. The topological polar surface area (TPSA) is 52.6 Å². The molecule has 1 atom stereocenters. The van der Waals surface area contributed by atoms with Gasteiger partial charge < -0.3 is 15.3 Å². The molecule has 0 aromatic heterocycles. The first-order chi connectivity index (χ1) is 9.20. The highest BCUT2D eigenvalue weighted by Crippen LogP contribution is 2.21. The summed E-state index contributed by atoms with van der Waals surface area (Å²) in [6.45, 7) is 0.864. The first kappa shape index (κ1) is 14.2. The summed E-state index contributed by atoms with van der Waals surface area (Å²) in [6, 6.07) is 7.14. The van der Waals surface area contributed by atoms with Crippen LogP contribution in [0.2, 0.25) is 5.02 Å². The van der Waals surface area contributed by atoms with E-state index in [1.165, 1.54) is 0 Å². The monoisotopic (exact) mass is 282 g/mol. The molecule has 2 amide bonds. The number of likely N-dealkylation sites (tertiary alicyclic amines) is 1. The predicted octanol–water partition coefficient (Wildman–Crippen LogP) is 3.11. The Kier molecular flexibility index (Phi) is 5.05. The van der Waals surface area contributed by atoms with Crippen molar-refractivity contribution in [2.45, 2.75) is 31.7 Å².